The number of hydrogen-bond donors (Lipinski definition) is 2. The Hall–Kier alpha value is -3.29. The number of carbonyl (C=O) groups excluding carboxylic acids is 2. The zero-order valence-corrected chi connectivity index (χ0v) is 18.7. The lowest BCUT2D eigenvalue weighted by atomic mass is 10.2. The summed E-state index contributed by atoms with van der Waals surface area (Å²) in [6.07, 6.45) is 1.90. The van der Waals surface area contributed by atoms with Crippen molar-refractivity contribution in [2.75, 3.05) is 17.7 Å². The van der Waals surface area contributed by atoms with Crippen LogP contribution in [0.4, 0.5) is 5.69 Å². The lowest BCUT2D eigenvalue weighted by Crippen LogP contribution is -2.20. The molecule has 164 valence electrons. The molecule has 0 saturated heterocycles. The molecule has 0 fully saturated rings. The number of ether oxygens (including phenoxy) is 1. The van der Waals surface area contributed by atoms with Gasteiger partial charge in [-0.05, 0) is 66.2 Å². The standard InChI is InChI=1S/C24H22ClN3O3S/c25-19-8-12-22(13-9-19)32-15-14-23(29)28-26-16-18-6-10-21(11-7-18)31-17-24(30)27-20-4-2-1-3-5-20/h1-13,16H,14-15,17H2,(H,27,30)(H,28,29)/b26-16+. The topological polar surface area (TPSA) is 79.8 Å². The largest absolute Gasteiger partial charge is 0.484 e. The zero-order chi connectivity index (χ0) is 22.6. The molecular formula is C24H22ClN3O3S. The first-order valence-corrected chi connectivity index (χ1v) is 11.2. The molecule has 2 N–H and O–H groups in total. The van der Waals surface area contributed by atoms with Gasteiger partial charge in [0.15, 0.2) is 6.61 Å². The number of hydrazone groups is 1. The van der Waals surface area contributed by atoms with Crippen LogP contribution in [0, 0.1) is 0 Å². The minimum absolute atomic E-state index is 0.0909. The van der Waals surface area contributed by atoms with Gasteiger partial charge in [-0.25, -0.2) is 5.43 Å². The Kier molecular flexibility index (Phi) is 9.16. The van der Waals surface area contributed by atoms with Gasteiger partial charge in [-0.1, -0.05) is 29.8 Å². The fourth-order valence-electron chi connectivity index (χ4n) is 2.54. The Morgan fingerprint density at radius 3 is 2.38 bits per heavy atom. The van der Waals surface area contributed by atoms with Gasteiger partial charge < -0.3 is 10.1 Å². The van der Waals surface area contributed by atoms with Crippen molar-refractivity contribution in [3.05, 3.63) is 89.4 Å². The molecule has 0 unspecified atom stereocenters. The van der Waals surface area contributed by atoms with Crippen LogP contribution in [0.5, 0.6) is 5.75 Å². The van der Waals surface area contributed by atoms with Gasteiger partial charge in [-0.3, -0.25) is 9.59 Å². The summed E-state index contributed by atoms with van der Waals surface area (Å²) < 4.78 is 5.49. The number of hydrogen-bond acceptors (Lipinski definition) is 5. The van der Waals surface area contributed by atoms with Crippen LogP contribution < -0.4 is 15.5 Å². The zero-order valence-electron chi connectivity index (χ0n) is 17.2. The predicted octanol–water partition coefficient (Wildman–Crippen LogP) is 4.99. The van der Waals surface area contributed by atoms with E-state index in [4.69, 9.17) is 16.3 Å². The van der Waals surface area contributed by atoms with E-state index in [-0.39, 0.29) is 18.4 Å². The predicted molar refractivity (Wildman–Crippen MR) is 130 cm³/mol. The van der Waals surface area contributed by atoms with Crippen molar-refractivity contribution in [1.82, 2.24) is 5.43 Å². The van der Waals surface area contributed by atoms with E-state index in [0.717, 1.165) is 16.1 Å². The number of amides is 2. The first-order valence-electron chi connectivity index (χ1n) is 9.86. The Morgan fingerprint density at radius 1 is 0.938 bits per heavy atom. The van der Waals surface area contributed by atoms with Crippen LogP contribution in [0.2, 0.25) is 5.02 Å². The Morgan fingerprint density at radius 2 is 1.66 bits per heavy atom. The molecule has 8 heteroatoms. The van der Waals surface area contributed by atoms with Crippen LogP contribution in [0.15, 0.2) is 88.9 Å². The minimum atomic E-state index is -0.237. The number of rotatable bonds is 10. The first-order chi connectivity index (χ1) is 15.6. The van der Waals surface area contributed by atoms with Gasteiger partial charge >= 0.3 is 0 Å². The van der Waals surface area contributed by atoms with Gasteiger partial charge in [0, 0.05) is 27.8 Å². The van der Waals surface area contributed by atoms with E-state index < -0.39 is 0 Å². The summed E-state index contributed by atoms with van der Waals surface area (Å²) in [5, 5.41) is 7.42. The third kappa shape index (κ3) is 8.45. The van der Waals surface area contributed by atoms with Crippen molar-refractivity contribution in [1.29, 1.82) is 0 Å². The van der Waals surface area contributed by atoms with Gasteiger partial charge in [-0.2, -0.15) is 5.10 Å². The smallest absolute Gasteiger partial charge is 0.262 e. The maximum atomic E-state index is 11.9. The summed E-state index contributed by atoms with van der Waals surface area (Å²) in [7, 11) is 0. The van der Waals surface area contributed by atoms with Crippen LogP contribution in [0.1, 0.15) is 12.0 Å². The van der Waals surface area contributed by atoms with Crippen molar-refractivity contribution < 1.29 is 14.3 Å². The lowest BCUT2D eigenvalue weighted by Gasteiger charge is -2.07. The van der Waals surface area contributed by atoms with E-state index >= 15 is 0 Å². The number of benzene rings is 3. The molecule has 2 amide bonds. The van der Waals surface area contributed by atoms with Crippen molar-refractivity contribution in [2.24, 2.45) is 5.10 Å². The van der Waals surface area contributed by atoms with E-state index in [2.05, 4.69) is 15.8 Å². The summed E-state index contributed by atoms with van der Waals surface area (Å²) in [6.45, 7) is -0.0909. The normalized spacial score (nSPS) is 10.7. The third-order valence-corrected chi connectivity index (χ3v) is 5.39. The molecule has 0 aliphatic heterocycles. The van der Waals surface area contributed by atoms with Gasteiger partial charge in [0.25, 0.3) is 5.91 Å². The van der Waals surface area contributed by atoms with E-state index in [0.29, 0.717) is 22.9 Å². The number of nitrogens with one attached hydrogen (secondary N) is 2. The lowest BCUT2D eigenvalue weighted by molar-refractivity contribution is -0.120. The van der Waals surface area contributed by atoms with Gasteiger partial charge in [-0.15, -0.1) is 11.8 Å². The molecule has 3 aromatic rings. The molecule has 0 aromatic heterocycles. The van der Waals surface area contributed by atoms with Crippen molar-refractivity contribution in [3.63, 3.8) is 0 Å². The molecule has 0 saturated carbocycles. The van der Waals surface area contributed by atoms with Crippen LogP contribution in [-0.4, -0.2) is 30.4 Å². The Labute approximate surface area is 196 Å². The average molecular weight is 468 g/mol. The fraction of sp³-hybridized carbons (Fsp3) is 0.125. The van der Waals surface area contributed by atoms with E-state index in [9.17, 15) is 9.59 Å². The van der Waals surface area contributed by atoms with Gasteiger partial charge in [0.1, 0.15) is 5.75 Å². The highest BCUT2D eigenvalue weighted by molar-refractivity contribution is 7.99. The molecule has 0 aliphatic rings. The SMILES string of the molecule is O=C(CCSc1ccc(Cl)cc1)N/N=C/c1ccc(OCC(=O)Nc2ccccc2)cc1. The molecule has 0 bridgehead atoms. The maximum absolute atomic E-state index is 11.9. The van der Waals surface area contributed by atoms with E-state index in [1.54, 1.807) is 42.2 Å². The highest BCUT2D eigenvalue weighted by atomic mass is 35.5. The van der Waals surface area contributed by atoms with Crippen LogP contribution >= 0.6 is 23.4 Å². The Bertz CT molecular complexity index is 1040. The van der Waals surface area contributed by atoms with Gasteiger partial charge in [0.2, 0.25) is 5.91 Å². The summed E-state index contributed by atoms with van der Waals surface area (Å²) in [5.74, 6) is 0.812. The highest BCUT2D eigenvalue weighted by Crippen LogP contribution is 2.20. The number of anilines is 1. The second kappa shape index (κ2) is 12.5. The molecule has 0 atom stereocenters. The summed E-state index contributed by atoms with van der Waals surface area (Å²) in [5.41, 5.74) is 4.03. The quantitative estimate of drug-likeness (QED) is 0.250. The number of carbonyl (C=O) groups is 2. The molecule has 3 rings (SSSR count). The van der Waals surface area contributed by atoms with Crippen LogP contribution in [-0.2, 0) is 9.59 Å². The third-order valence-electron chi connectivity index (χ3n) is 4.12. The van der Waals surface area contributed by atoms with E-state index in [1.165, 1.54) is 0 Å². The molecule has 0 spiro atoms. The van der Waals surface area contributed by atoms with Crippen LogP contribution in [0.25, 0.3) is 0 Å². The summed E-state index contributed by atoms with van der Waals surface area (Å²) in [4.78, 5) is 24.9. The highest BCUT2D eigenvalue weighted by Gasteiger charge is 2.04. The molecule has 32 heavy (non-hydrogen) atoms. The Balaban J connectivity index is 1.34. The van der Waals surface area contributed by atoms with Crippen molar-refractivity contribution in [2.45, 2.75) is 11.3 Å². The van der Waals surface area contributed by atoms with Crippen molar-refractivity contribution >= 4 is 47.1 Å². The molecule has 0 heterocycles. The average Bonchev–Trinajstić information content (AvgIpc) is 2.80. The molecule has 0 radical (unpaired) electrons. The number of thioether (sulfide) groups is 1. The molecule has 6 nitrogen and oxygen atoms in total. The number of nitrogens with zero attached hydrogens (tertiary/aromatic N) is 1. The number of para-hydroxylation sites is 1. The molecular weight excluding hydrogens is 446 g/mol. The van der Waals surface area contributed by atoms with Crippen molar-refractivity contribution in [3.8, 4) is 5.75 Å². The van der Waals surface area contributed by atoms with E-state index in [1.807, 2.05) is 54.6 Å². The summed E-state index contributed by atoms with van der Waals surface area (Å²) >= 11 is 7.44. The molecule has 3 aromatic carbocycles. The first kappa shape index (κ1) is 23.4. The van der Waals surface area contributed by atoms with Gasteiger partial charge in [0.05, 0.1) is 6.21 Å². The monoisotopic (exact) mass is 467 g/mol. The second-order valence-corrected chi connectivity index (χ2v) is 8.22. The fourth-order valence-corrected chi connectivity index (χ4v) is 3.52. The molecule has 0 aliphatic carbocycles. The van der Waals surface area contributed by atoms with Crippen LogP contribution in [0.3, 0.4) is 0 Å². The maximum Gasteiger partial charge on any atom is 0.262 e. The summed E-state index contributed by atoms with van der Waals surface area (Å²) in [6, 6.07) is 23.7. The minimum Gasteiger partial charge on any atom is -0.484 e. The second-order valence-electron chi connectivity index (χ2n) is 6.62. The number of halogens is 1.